The van der Waals surface area contributed by atoms with Crippen molar-refractivity contribution in [3.63, 3.8) is 0 Å². The molecule has 2 amide bonds. The van der Waals surface area contributed by atoms with Gasteiger partial charge in [0.05, 0.1) is 11.9 Å². The van der Waals surface area contributed by atoms with Gasteiger partial charge in [-0.25, -0.2) is 12.8 Å². The number of anilines is 1. The molecule has 1 aliphatic heterocycles. The zero-order chi connectivity index (χ0) is 18.8. The number of carbonyl (C=O) groups excluding carboxylic acids is 2. The predicted molar refractivity (Wildman–Crippen MR) is 91.7 cm³/mol. The summed E-state index contributed by atoms with van der Waals surface area (Å²) in [6.07, 6.45) is 1.88. The molecule has 1 atom stereocenters. The average molecular weight is 371 g/mol. The van der Waals surface area contributed by atoms with Crippen LogP contribution in [-0.4, -0.2) is 50.5 Å². The largest absolute Gasteiger partial charge is 0.369 e. The SMILES string of the molecule is CC(C(=O)N1CCC(C(N)=O)CC1)N(c1cccc(F)c1)S(C)(=O)=O. The quantitative estimate of drug-likeness (QED) is 0.823. The number of primary amides is 1. The topological polar surface area (TPSA) is 101 Å². The number of amides is 2. The molecular formula is C16H22FN3O4S. The number of nitrogens with zero attached hydrogens (tertiary/aromatic N) is 2. The van der Waals surface area contributed by atoms with Crippen molar-refractivity contribution in [2.24, 2.45) is 11.7 Å². The number of halogens is 1. The minimum atomic E-state index is -3.80. The van der Waals surface area contributed by atoms with E-state index in [1.54, 1.807) is 0 Å². The van der Waals surface area contributed by atoms with E-state index in [1.807, 2.05) is 0 Å². The maximum Gasteiger partial charge on any atom is 0.246 e. The van der Waals surface area contributed by atoms with E-state index in [2.05, 4.69) is 0 Å². The molecule has 1 unspecified atom stereocenters. The molecule has 0 aliphatic carbocycles. The molecule has 1 aromatic carbocycles. The van der Waals surface area contributed by atoms with Crippen LogP contribution in [0.15, 0.2) is 24.3 Å². The first-order valence-electron chi connectivity index (χ1n) is 7.94. The van der Waals surface area contributed by atoms with Crippen LogP contribution in [0.3, 0.4) is 0 Å². The Labute approximate surface area is 146 Å². The summed E-state index contributed by atoms with van der Waals surface area (Å²) in [5.41, 5.74) is 5.37. The lowest BCUT2D eigenvalue weighted by atomic mass is 9.96. The predicted octanol–water partition coefficient (Wildman–Crippen LogP) is 0.704. The van der Waals surface area contributed by atoms with E-state index in [-0.39, 0.29) is 11.6 Å². The molecule has 7 nitrogen and oxygen atoms in total. The van der Waals surface area contributed by atoms with Crippen molar-refractivity contribution in [3.8, 4) is 0 Å². The van der Waals surface area contributed by atoms with Gasteiger partial charge in [-0.2, -0.15) is 0 Å². The summed E-state index contributed by atoms with van der Waals surface area (Å²) in [5, 5.41) is 0. The second-order valence-electron chi connectivity index (χ2n) is 6.22. The summed E-state index contributed by atoms with van der Waals surface area (Å²) in [6.45, 7) is 2.13. The fraction of sp³-hybridized carbons (Fsp3) is 0.500. The molecular weight excluding hydrogens is 349 g/mol. The minimum Gasteiger partial charge on any atom is -0.369 e. The number of rotatable bonds is 5. The lowest BCUT2D eigenvalue weighted by molar-refractivity contribution is -0.135. The van der Waals surface area contributed by atoms with E-state index < -0.39 is 33.7 Å². The van der Waals surface area contributed by atoms with Gasteiger partial charge in [0, 0.05) is 19.0 Å². The molecule has 0 radical (unpaired) electrons. The van der Waals surface area contributed by atoms with Crippen molar-refractivity contribution < 1.29 is 22.4 Å². The van der Waals surface area contributed by atoms with Gasteiger partial charge in [0.15, 0.2) is 0 Å². The Bertz CT molecular complexity index is 760. The van der Waals surface area contributed by atoms with Crippen molar-refractivity contribution in [2.45, 2.75) is 25.8 Å². The Morgan fingerprint density at radius 3 is 2.40 bits per heavy atom. The average Bonchev–Trinajstić information content (AvgIpc) is 2.53. The van der Waals surface area contributed by atoms with Gasteiger partial charge in [-0.3, -0.25) is 13.9 Å². The van der Waals surface area contributed by atoms with Gasteiger partial charge in [0.1, 0.15) is 11.9 Å². The molecule has 0 spiro atoms. The van der Waals surface area contributed by atoms with E-state index in [1.165, 1.54) is 30.0 Å². The highest BCUT2D eigenvalue weighted by Crippen LogP contribution is 2.24. The summed E-state index contributed by atoms with van der Waals surface area (Å²) >= 11 is 0. The Morgan fingerprint density at radius 2 is 1.92 bits per heavy atom. The van der Waals surface area contributed by atoms with Crippen LogP contribution in [0.5, 0.6) is 0 Å². The number of hydrogen-bond donors (Lipinski definition) is 1. The fourth-order valence-corrected chi connectivity index (χ4v) is 4.23. The van der Waals surface area contributed by atoms with Crippen LogP contribution in [0.2, 0.25) is 0 Å². The number of piperidine rings is 1. The van der Waals surface area contributed by atoms with E-state index in [4.69, 9.17) is 5.73 Å². The van der Waals surface area contributed by atoms with Crippen LogP contribution in [0.25, 0.3) is 0 Å². The molecule has 1 fully saturated rings. The number of hydrogen-bond acceptors (Lipinski definition) is 4. The Kier molecular flexibility index (Phi) is 5.66. The zero-order valence-corrected chi connectivity index (χ0v) is 15.0. The first-order valence-corrected chi connectivity index (χ1v) is 9.79. The van der Waals surface area contributed by atoms with Crippen LogP contribution in [-0.2, 0) is 19.6 Å². The Hall–Kier alpha value is -2.16. The third-order valence-electron chi connectivity index (χ3n) is 4.34. The summed E-state index contributed by atoms with van der Waals surface area (Å²) in [6, 6.07) is 4.07. The number of carbonyl (C=O) groups is 2. The first kappa shape index (κ1) is 19.2. The standard InChI is InChI=1S/C16H22FN3O4S/c1-11(16(22)19-8-6-12(7-9-19)15(18)21)20(25(2,23)24)14-5-3-4-13(17)10-14/h3-5,10-12H,6-9H2,1-2H3,(H2,18,21). The Balaban J connectivity index is 2.21. The maximum atomic E-state index is 13.5. The molecule has 1 aliphatic rings. The van der Waals surface area contributed by atoms with Gasteiger partial charge >= 0.3 is 0 Å². The van der Waals surface area contributed by atoms with Crippen LogP contribution < -0.4 is 10.0 Å². The highest BCUT2D eigenvalue weighted by Gasteiger charge is 2.34. The Morgan fingerprint density at radius 1 is 1.32 bits per heavy atom. The lowest BCUT2D eigenvalue weighted by Crippen LogP contribution is -2.52. The van der Waals surface area contributed by atoms with Crippen LogP contribution in [0.1, 0.15) is 19.8 Å². The van der Waals surface area contributed by atoms with E-state index in [0.29, 0.717) is 25.9 Å². The molecule has 0 bridgehead atoms. The number of sulfonamides is 1. The summed E-state index contributed by atoms with van der Waals surface area (Å²) in [4.78, 5) is 25.5. The molecule has 1 aromatic rings. The summed E-state index contributed by atoms with van der Waals surface area (Å²) in [5.74, 6) is -1.64. The molecule has 1 saturated heterocycles. The first-order chi connectivity index (χ1) is 11.6. The number of likely N-dealkylation sites (tertiary alicyclic amines) is 1. The van der Waals surface area contributed by atoms with Gasteiger partial charge in [-0.05, 0) is 38.0 Å². The molecule has 25 heavy (non-hydrogen) atoms. The van der Waals surface area contributed by atoms with Crippen molar-refractivity contribution in [3.05, 3.63) is 30.1 Å². The molecule has 2 N–H and O–H groups in total. The molecule has 0 saturated carbocycles. The van der Waals surface area contributed by atoms with Crippen LogP contribution in [0, 0.1) is 11.7 Å². The summed E-state index contributed by atoms with van der Waals surface area (Å²) in [7, 11) is -3.80. The van der Waals surface area contributed by atoms with Gasteiger partial charge in [-0.15, -0.1) is 0 Å². The second kappa shape index (κ2) is 7.38. The smallest absolute Gasteiger partial charge is 0.246 e. The van der Waals surface area contributed by atoms with E-state index in [9.17, 15) is 22.4 Å². The van der Waals surface area contributed by atoms with Crippen LogP contribution in [0.4, 0.5) is 10.1 Å². The minimum absolute atomic E-state index is 0.0929. The molecule has 0 aromatic heterocycles. The molecule has 138 valence electrons. The third kappa shape index (κ3) is 4.47. The van der Waals surface area contributed by atoms with Crippen molar-refractivity contribution >= 4 is 27.5 Å². The number of nitrogens with two attached hydrogens (primary N) is 1. The van der Waals surface area contributed by atoms with Gasteiger partial charge in [-0.1, -0.05) is 6.07 Å². The van der Waals surface area contributed by atoms with E-state index in [0.717, 1.165) is 16.6 Å². The second-order valence-corrected chi connectivity index (χ2v) is 8.08. The maximum absolute atomic E-state index is 13.5. The third-order valence-corrected chi connectivity index (χ3v) is 5.58. The van der Waals surface area contributed by atoms with Gasteiger partial charge in [0.25, 0.3) is 0 Å². The highest BCUT2D eigenvalue weighted by molar-refractivity contribution is 7.92. The molecule has 1 heterocycles. The van der Waals surface area contributed by atoms with Crippen LogP contribution >= 0.6 is 0 Å². The van der Waals surface area contributed by atoms with Crippen molar-refractivity contribution in [1.29, 1.82) is 0 Å². The van der Waals surface area contributed by atoms with E-state index >= 15 is 0 Å². The fourth-order valence-electron chi connectivity index (χ4n) is 3.06. The van der Waals surface area contributed by atoms with Gasteiger partial charge in [0.2, 0.25) is 21.8 Å². The molecule has 2 rings (SSSR count). The molecule has 9 heteroatoms. The van der Waals surface area contributed by atoms with Crippen molar-refractivity contribution in [2.75, 3.05) is 23.7 Å². The lowest BCUT2D eigenvalue weighted by Gasteiger charge is -2.36. The zero-order valence-electron chi connectivity index (χ0n) is 14.2. The summed E-state index contributed by atoms with van der Waals surface area (Å²) < 4.78 is 38.8. The van der Waals surface area contributed by atoms with Crippen molar-refractivity contribution in [1.82, 2.24) is 4.90 Å². The highest BCUT2D eigenvalue weighted by atomic mass is 32.2. The monoisotopic (exact) mass is 371 g/mol. The normalized spacial score (nSPS) is 17.2. The number of benzene rings is 1. The van der Waals surface area contributed by atoms with Gasteiger partial charge < -0.3 is 10.6 Å².